The highest BCUT2D eigenvalue weighted by atomic mass is 16.3. The van der Waals surface area contributed by atoms with E-state index in [-0.39, 0.29) is 6.61 Å². The quantitative estimate of drug-likeness (QED) is 0.929. The standard InChI is InChI=1S/C17H23N3O/c21-13-12-19-8-3-9-20(11-10-19)14-16-5-1-4-15-6-2-7-18-17(15)16/h1-2,4-7,21H,3,8-14H2. The van der Waals surface area contributed by atoms with Crippen LogP contribution in [-0.2, 0) is 6.54 Å². The molecule has 1 N–H and O–H groups in total. The first-order valence-electron chi connectivity index (χ1n) is 7.75. The zero-order chi connectivity index (χ0) is 14.5. The van der Waals surface area contributed by atoms with Crippen molar-refractivity contribution in [3.05, 3.63) is 42.1 Å². The second kappa shape index (κ2) is 6.98. The van der Waals surface area contributed by atoms with E-state index >= 15 is 0 Å². The van der Waals surface area contributed by atoms with Crippen molar-refractivity contribution in [2.45, 2.75) is 13.0 Å². The van der Waals surface area contributed by atoms with Gasteiger partial charge in [0, 0.05) is 37.8 Å². The first-order chi connectivity index (χ1) is 10.4. The summed E-state index contributed by atoms with van der Waals surface area (Å²) < 4.78 is 0. The predicted molar refractivity (Wildman–Crippen MR) is 85.2 cm³/mol. The van der Waals surface area contributed by atoms with E-state index in [1.165, 1.54) is 10.9 Å². The lowest BCUT2D eigenvalue weighted by atomic mass is 10.1. The fourth-order valence-corrected chi connectivity index (χ4v) is 3.08. The minimum atomic E-state index is 0.257. The third-order valence-corrected chi connectivity index (χ3v) is 4.21. The van der Waals surface area contributed by atoms with Gasteiger partial charge in [0.15, 0.2) is 0 Å². The summed E-state index contributed by atoms with van der Waals surface area (Å²) in [5, 5.41) is 10.3. The Balaban J connectivity index is 1.70. The van der Waals surface area contributed by atoms with Crippen molar-refractivity contribution in [3.63, 3.8) is 0 Å². The van der Waals surface area contributed by atoms with Crippen molar-refractivity contribution in [2.75, 3.05) is 39.3 Å². The monoisotopic (exact) mass is 285 g/mol. The number of hydrogen-bond acceptors (Lipinski definition) is 4. The first kappa shape index (κ1) is 14.4. The van der Waals surface area contributed by atoms with Gasteiger partial charge in [-0.25, -0.2) is 0 Å². The van der Waals surface area contributed by atoms with Gasteiger partial charge in [-0.3, -0.25) is 14.8 Å². The number of fused-ring (bicyclic) bond motifs is 1. The molecular formula is C17H23N3O. The van der Waals surface area contributed by atoms with Crippen molar-refractivity contribution in [1.29, 1.82) is 0 Å². The molecule has 0 radical (unpaired) electrons. The second-order valence-corrected chi connectivity index (χ2v) is 5.69. The van der Waals surface area contributed by atoms with Gasteiger partial charge in [0.25, 0.3) is 0 Å². The number of benzene rings is 1. The largest absolute Gasteiger partial charge is 0.395 e. The average molecular weight is 285 g/mol. The lowest BCUT2D eigenvalue weighted by molar-refractivity contribution is 0.196. The third kappa shape index (κ3) is 3.59. The van der Waals surface area contributed by atoms with Crippen molar-refractivity contribution in [2.24, 2.45) is 0 Å². The number of pyridine rings is 1. The average Bonchev–Trinajstić information content (AvgIpc) is 2.74. The van der Waals surface area contributed by atoms with Crippen LogP contribution in [0.1, 0.15) is 12.0 Å². The molecule has 0 saturated carbocycles. The molecular weight excluding hydrogens is 262 g/mol. The number of aliphatic hydroxyl groups excluding tert-OH is 1. The summed E-state index contributed by atoms with van der Waals surface area (Å²) in [6.45, 7) is 6.32. The van der Waals surface area contributed by atoms with Gasteiger partial charge in [-0.2, -0.15) is 0 Å². The van der Waals surface area contributed by atoms with E-state index in [1.54, 1.807) is 0 Å². The molecule has 0 bridgehead atoms. The molecule has 2 aromatic rings. The Hall–Kier alpha value is -1.49. The van der Waals surface area contributed by atoms with Crippen molar-refractivity contribution in [1.82, 2.24) is 14.8 Å². The minimum Gasteiger partial charge on any atom is -0.395 e. The fraction of sp³-hybridized carbons (Fsp3) is 0.471. The SMILES string of the molecule is OCCN1CCCN(Cc2cccc3cccnc23)CC1. The number of para-hydroxylation sites is 1. The molecule has 1 aromatic heterocycles. The molecule has 112 valence electrons. The fourth-order valence-electron chi connectivity index (χ4n) is 3.08. The Morgan fingerprint density at radius 1 is 1.00 bits per heavy atom. The Labute approximate surface area is 126 Å². The van der Waals surface area contributed by atoms with Gasteiger partial charge in [0.2, 0.25) is 0 Å². The topological polar surface area (TPSA) is 39.6 Å². The zero-order valence-electron chi connectivity index (χ0n) is 12.4. The number of aliphatic hydroxyl groups is 1. The Morgan fingerprint density at radius 2 is 1.81 bits per heavy atom. The molecule has 2 heterocycles. The van der Waals surface area contributed by atoms with E-state index in [2.05, 4.69) is 39.0 Å². The summed E-state index contributed by atoms with van der Waals surface area (Å²) in [5.74, 6) is 0. The Kier molecular flexibility index (Phi) is 4.80. The van der Waals surface area contributed by atoms with Gasteiger partial charge in [0.05, 0.1) is 12.1 Å². The molecule has 0 spiro atoms. The lowest BCUT2D eigenvalue weighted by Gasteiger charge is -2.21. The van der Waals surface area contributed by atoms with E-state index < -0.39 is 0 Å². The molecule has 3 rings (SSSR count). The van der Waals surface area contributed by atoms with E-state index in [4.69, 9.17) is 5.11 Å². The molecule has 4 nitrogen and oxygen atoms in total. The van der Waals surface area contributed by atoms with E-state index in [0.717, 1.165) is 51.2 Å². The summed E-state index contributed by atoms with van der Waals surface area (Å²) in [5.41, 5.74) is 2.43. The Bertz CT molecular complexity index is 582. The molecule has 1 aliphatic rings. The van der Waals surface area contributed by atoms with Crippen LogP contribution < -0.4 is 0 Å². The van der Waals surface area contributed by atoms with E-state index in [0.29, 0.717) is 0 Å². The number of rotatable bonds is 4. The maximum atomic E-state index is 9.07. The van der Waals surface area contributed by atoms with E-state index in [1.807, 2.05) is 12.3 Å². The van der Waals surface area contributed by atoms with Crippen molar-refractivity contribution < 1.29 is 5.11 Å². The van der Waals surface area contributed by atoms with Crippen LogP contribution in [-0.4, -0.2) is 59.2 Å². The molecule has 0 aliphatic carbocycles. The first-order valence-corrected chi connectivity index (χ1v) is 7.75. The molecule has 0 amide bonds. The van der Waals surface area contributed by atoms with Crippen LogP contribution in [0.2, 0.25) is 0 Å². The molecule has 1 fully saturated rings. The highest BCUT2D eigenvalue weighted by molar-refractivity contribution is 5.81. The normalized spacial score (nSPS) is 18.0. The number of β-amino-alcohol motifs (C(OH)–C–C–N with tert-alkyl or cyclic N) is 1. The summed E-state index contributed by atoms with van der Waals surface area (Å²) in [6, 6.07) is 10.5. The van der Waals surface area contributed by atoms with Gasteiger partial charge in [-0.05, 0) is 31.1 Å². The lowest BCUT2D eigenvalue weighted by Crippen LogP contribution is -2.32. The van der Waals surface area contributed by atoms with Crippen molar-refractivity contribution in [3.8, 4) is 0 Å². The summed E-state index contributed by atoms with van der Waals surface area (Å²) in [4.78, 5) is 9.39. The second-order valence-electron chi connectivity index (χ2n) is 5.69. The summed E-state index contributed by atoms with van der Waals surface area (Å²) >= 11 is 0. The van der Waals surface area contributed by atoms with Gasteiger partial charge in [-0.1, -0.05) is 24.3 Å². The van der Waals surface area contributed by atoms with Gasteiger partial charge < -0.3 is 5.11 Å². The van der Waals surface area contributed by atoms with Gasteiger partial charge in [0.1, 0.15) is 0 Å². The van der Waals surface area contributed by atoms with Gasteiger partial charge >= 0.3 is 0 Å². The molecule has 1 saturated heterocycles. The smallest absolute Gasteiger partial charge is 0.0746 e. The molecule has 4 heteroatoms. The van der Waals surface area contributed by atoms with Crippen LogP contribution in [0.3, 0.4) is 0 Å². The Morgan fingerprint density at radius 3 is 2.71 bits per heavy atom. The highest BCUT2D eigenvalue weighted by Gasteiger charge is 2.15. The summed E-state index contributed by atoms with van der Waals surface area (Å²) in [6.07, 6.45) is 3.04. The number of hydrogen-bond donors (Lipinski definition) is 1. The molecule has 1 aromatic carbocycles. The van der Waals surface area contributed by atoms with Crippen LogP contribution >= 0.6 is 0 Å². The van der Waals surface area contributed by atoms with Crippen molar-refractivity contribution >= 4 is 10.9 Å². The summed E-state index contributed by atoms with van der Waals surface area (Å²) in [7, 11) is 0. The van der Waals surface area contributed by atoms with Crippen LogP contribution in [0.15, 0.2) is 36.5 Å². The highest BCUT2D eigenvalue weighted by Crippen LogP contribution is 2.18. The molecule has 1 aliphatic heterocycles. The maximum Gasteiger partial charge on any atom is 0.0746 e. The van der Waals surface area contributed by atoms with Crippen LogP contribution in [0.25, 0.3) is 10.9 Å². The molecule has 0 unspecified atom stereocenters. The molecule has 0 atom stereocenters. The van der Waals surface area contributed by atoms with Gasteiger partial charge in [-0.15, -0.1) is 0 Å². The van der Waals surface area contributed by atoms with E-state index in [9.17, 15) is 0 Å². The minimum absolute atomic E-state index is 0.257. The number of nitrogens with zero attached hydrogens (tertiary/aromatic N) is 3. The predicted octanol–water partition coefficient (Wildman–Crippen LogP) is 1.73. The third-order valence-electron chi connectivity index (χ3n) is 4.21. The van der Waals surface area contributed by atoms with Crippen LogP contribution in [0.4, 0.5) is 0 Å². The number of aromatic nitrogens is 1. The van der Waals surface area contributed by atoms with Crippen LogP contribution in [0, 0.1) is 0 Å². The zero-order valence-corrected chi connectivity index (χ0v) is 12.4. The maximum absolute atomic E-state index is 9.07. The molecule has 21 heavy (non-hydrogen) atoms. The van der Waals surface area contributed by atoms with Crippen LogP contribution in [0.5, 0.6) is 0 Å².